The van der Waals surface area contributed by atoms with Crippen molar-refractivity contribution < 1.29 is 0 Å². The summed E-state index contributed by atoms with van der Waals surface area (Å²) in [5.74, 6) is 0. The Morgan fingerprint density at radius 2 is 1.58 bits per heavy atom. The lowest BCUT2D eigenvalue weighted by atomic mass is 9.93. The molecule has 0 nitrogen and oxygen atoms in total. The molecule has 0 atom stereocenters. The van der Waals surface area contributed by atoms with E-state index in [1.807, 2.05) is 18.2 Å². The maximum absolute atomic E-state index is 6.25. The van der Waals surface area contributed by atoms with Gasteiger partial charge in [-0.15, -0.1) is 12.6 Å². The molecule has 24 heavy (non-hydrogen) atoms. The Balaban J connectivity index is 2.22. The Bertz CT molecular complexity index is 1110. The molecule has 0 heterocycles. The zero-order valence-electron chi connectivity index (χ0n) is 12.4. The molecule has 4 heteroatoms. The highest BCUT2D eigenvalue weighted by molar-refractivity contribution is 14.1. The van der Waals surface area contributed by atoms with E-state index < -0.39 is 0 Å². The SMILES string of the molecule is Sc1cc(Br)ccc1-c1c(I)c2ccc(Cl)cc2c2ccccc12. The highest BCUT2D eigenvalue weighted by Crippen LogP contribution is 2.42. The molecule has 0 saturated heterocycles. The first-order valence-corrected chi connectivity index (χ1v) is 10.0. The summed E-state index contributed by atoms with van der Waals surface area (Å²) in [5.41, 5.74) is 2.36. The summed E-state index contributed by atoms with van der Waals surface area (Å²) in [6, 6.07) is 20.8. The van der Waals surface area contributed by atoms with Crippen LogP contribution in [0.4, 0.5) is 0 Å². The van der Waals surface area contributed by atoms with Crippen LogP contribution in [0.25, 0.3) is 32.7 Å². The fourth-order valence-corrected chi connectivity index (χ4v) is 5.19. The second-order valence-corrected chi connectivity index (χ2v) is 8.50. The van der Waals surface area contributed by atoms with Crippen molar-refractivity contribution in [1.29, 1.82) is 0 Å². The van der Waals surface area contributed by atoms with Gasteiger partial charge in [0.25, 0.3) is 0 Å². The summed E-state index contributed by atoms with van der Waals surface area (Å²) < 4.78 is 2.25. The van der Waals surface area contributed by atoms with Gasteiger partial charge >= 0.3 is 0 Å². The van der Waals surface area contributed by atoms with Crippen LogP contribution < -0.4 is 0 Å². The molecule has 0 aromatic heterocycles. The largest absolute Gasteiger partial charge is 0.143 e. The molecule has 4 aromatic carbocycles. The van der Waals surface area contributed by atoms with E-state index in [4.69, 9.17) is 24.2 Å². The number of hydrogen-bond acceptors (Lipinski definition) is 1. The third-order valence-electron chi connectivity index (χ3n) is 4.15. The lowest BCUT2D eigenvalue weighted by Crippen LogP contribution is -1.91. The standard InChI is InChI=1S/C20H11BrClIS/c21-11-5-7-16(18(24)9-11)19-14-4-2-1-3-13(14)17-10-12(22)6-8-15(17)20(19)23/h1-10,24H. The van der Waals surface area contributed by atoms with E-state index in [0.717, 1.165) is 20.0 Å². The van der Waals surface area contributed by atoms with E-state index in [-0.39, 0.29) is 0 Å². The van der Waals surface area contributed by atoms with Gasteiger partial charge in [0, 0.05) is 23.5 Å². The van der Waals surface area contributed by atoms with Crippen LogP contribution in [0.15, 0.2) is 70.0 Å². The normalized spacial score (nSPS) is 11.3. The van der Waals surface area contributed by atoms with E-state index in [1.165, 1.54) is 30.7 Å². The van der Waals surface area contributed by atoms with Gasteiger partial charge in [-0.25, -0.2) is 0 Å². The van der Waals surface area contributed by atoms with E-state index >= 15 is 0 Å². The van der Waals surface area contributed by atoms with Gasteiger partial charge in [-0.1, -0.05) is 63.9 Å². The number of benzene rings is 4. The number of rotatable bonds is 1. The minimum atomic E-state index is 0.759. The first-order valence-electron chi connectivity index (χ1n) is 7.34. The van der Waals surface area contributed by atoms with Gasteiger partial charge in [0.2, 0.25) is 0 Å². The van der Waals surface area contributed by atoms with Crippen molar-refractivity contribution in [2.75, 3.05) is 0 Å². The van der Waals surface area contributed by atoms with Crippen LogP contribution in [0.5, 0.6) is 0 Å². The van der Waals surface area contributed by atoms with Crippen molar-refractivity contribution in [3.8, 4) is 11.1 Å². The number of thiol groups is 1. The maximum atomic E-state index is 6.25. The number of halogens is 3. The van der Waals surface area contributed by atoms with Crippen molar-refractivity contribution in [2.45, 2.75) is 4.90 Å². The Labute approximate surface area is 172 Å². The second kappa shape index (κ2) is 6.52. The molecule has 0 unspecified atom stereocenters. The van der Waals surface area contributed by atoms with E-state index in [1.54, 1.807) is 0 Å². The van der Waals surface area contributed by atoms with Crippen LogP contribution in [0.2, 0.25) is 5.02 Å². The number of hydrogen-bond donors (Lipinski definition) is 1. The van der Waals surface area contributed by atoms with E-state index in [9.17, 15) is 0 Å². The molecule has 4 aromatic rings. The predicted octanol–water partition coefficient (Wildman–Crippen LogP) is 7.97. The van der Waals surface area contributed by atoms with Gasteiger partial charge in [0.1, 0.15) is 0 Å². The molecule has 0 aliphatic rings. The molecule has 0 spiro atoms. The van der Waals surface area contributed by atoms with Crippen LogP contribution in [-0.4, -0.2) is 0 Å². The molecule has 0 aliphatic carbocycles. The third-order valence-corrected chi connectivity index (χ3v) is 6.37. The summed E-state index contributed by atoms with van der Waals surface area (Å²) >= 11 is 16.9. The first-order chi connectivity index (χ1) is 11.6. The summed E-state index contributed by atoms with van der Waals surface area (Å²) in [6.07, 6.45) is 0. The lowest BCUT2D eigenvalue weighted by Gasteiger charge is -2.16. The molecule has 0 aliphatic heterocycles. The second-order valence-electron chi connectivity index (χ2n) is 5.59. The fraction of sp³-hybridized carbons (Fsp3) is 0. The smallest absolute Gasteiger partial charge is 0.0412 e. The van der Waals surface area contributed by atoms with Gasteiger partial charge in [0.05, 0.1) is 0 Å². The Morgan fingerprint density at radius 3 is 2.33 bits per heavy atom. The molecule has 0 bridgehead atoms. The quantitative estimate of drug-likeness (QED) is 0.145. The van der Waals surface area contributed by atoms with Gasteiger partial charge < -0.3 is 0 Å². The molecule has 0 saturated carbocycles. The van der Waals surface area contributed by atoms with E-state index in [0.29, 0.717) is 0 Å². The first kappa shape index (κ1) is 16.7. The summed E-state index contributed by atoms with van der Waals surface area (Å²) in [4.78, 5) is 0.959. The topological polar surface area (TPSA) is 0 Å². The molecular weight excluding hydrogens is 515 g/mol. The highest BCUT2D eigenvalue weighted by atomic mass is 127. The van der Waals surface area contributed by atoms with E-state index in [2.05, 4.69) is 81.0 Å². The van der Waals surface area contributed by atoms with Gasteiger partial charge in [0.15, 0.2) is 0 Å². The Morgan fingerprint density at radius 1 is 0.833 bits per heavy atom. The Hall–Kier alpha value is -0.750. The average molecular weight is 526 g/mol. The van der Waals surface area contributed by atoms with Crippen molar-refractivity contribution >= 4 is 84.3 Å². The monoisotopic (exact) mass is 524 g/mol. The minimum Gasteiger partial charge on any atom is -0.143 e. The van der Waals surface area contributed by atoms with Gasteiger partial charge in [-0.3, -0.25) is 0 Å². The molecule has 0 N–H and O–H groups in total. The van der Waals surface area contributed by atoms with Crippen LogP contribution in [-0.2, 0) is 0 Å². The minimum absolute atomic E-state index is 0.759. The number of fused-ring (bicyclic) bond motifs is 3. The molecule has 0 radical (unpaired) electrons. The molecule has 118 valence electrons. The zero-order chi connectivity index (χ0) is 16.8. The summed E-state index contributed by atoms with van der Waals surface area (Å²) in [5, 5.41) is 5.58. The molecule has 4 rings (SSSR count). The summed E-state index contributed by atoms with van der Waals surface area (Å²) in [6.45, 7) is 0. The fourth-order valence-electron chi connectivity index (χ4n) is 3.10. The van der Waals surface area contributed by atoms with Gasteiger partial charge in [-0.05, 0) is 74.0 Å². The van der Waals surface area contributed by atoms with Crippen LogP contribution >= 0.6 is 62.8 Å². The maximum Gasteiger partial charge on any atom is 0.0412 e. The van der Waals surface area contributed by atoms with Crippen LogP contribution in [0.1, 0.15) is 0 Å². The lowest BCUT2D eigenvalue weighted by molar-refractivity contribution is 1.44. The molecule has 0 fully saturated rings. The van der Waals surface area contributed by atoms with Crippen molar-refractivity contribution in [1.82, 2.24) is 0 Å². The summed E-state index contributed by atoms with van der Waals surface area (Å²) in [7, 11) is 0. The van der Waals surface area contributed by atoms with Crippen molar-refractivity contribution in [3.05, 3.63) is 73.7 Å². The van der Waals surface area contributed by atoms with Crippen molar-refractivity contribution in [2.24, 2.45) is 0 Å². The zero-order valence-corrected chi connectivity index (χ0v) is 17.7. The molecular formula is C20H11BrClIS. The van der Waals surface area contributed by atoms with Gasteiger partial charge in [-0.2, -0.15) is 0 Å². The third kappa shape index (κ3) is 2.75. The highest BCUT2D eigenvalue weighted by Gasteiger charge is 2.16. The Kier molecular flexibility index (Phi) is 4.54. The van der Waals surface area contributed by atoms with Crippen molar-refractivity contribution in [3.63, 3.8) is 0 Å². The average Bonchev–Trinajstić information content (AvgIpc) is 2.56. The molecule has 0 amide bonds. The van der Waals surface area contributed by atoms with Crippen LogP contribution in [0, 0.1) is 3.57 Å². The predicted molar refractivity (Wildman–Crippen MR) is 120 cm³/mol. The van der Waals surface area contributed by atoms with Crippen LogP contribution in [0.3, 0.4) is 0 Å².